The predicted octanol–water partition coefficient (Wildman–Crippen LogP) is 8.80. The van der Waals surface area contributed by atoms with E-state index in [4.69, 9.17) is 13.9 Å². The molecule has 0 spiro atoms. The second kappa shape index (κ2) is 14.5. The van der Waals surface area contributed by atoms with Crippen molar-refractivity contribution in [3.8, 4) is 22.8 Å². The first-order valence-electron chi connectivity index (χ1n) is 14.8. The quantitative estimate of drug-likeness (QED) is 0.0944. The minimum Gasteiger partial charge on any atom is -0.497 e. The number of ketones is 1. The Morgan fingerprint density at radius 3 is 2.31 bits per heavy atom. The van der Waals surface area contributed by atoms with Crippen LogP contribution < -0.4 is 9.47 Å². The van der Waals surface area contributed by atoms with Crippen LogP contribution in [-0.2, 0) is 6.54 Å². The average Bonchev–Trinajstić information content (AvgIpc) is 3.42. The first-order valence-corrected chi connectivity index (χ1v) is 14.8. The first-order chi connectivity index (χ1) is 20.6. The number of rotatable bonds is 15. The second-order valence-electron chi connectivity index (χ2n) is 10.7. The molecule has 0 fully saturated rings. The molecule has 0 aliphatic rings. The van der Waals surface area contributed by atoms with Gasteiger partial charge in [-0.25, -0.2) is 0 Å². The predicted molar refractivity (Wildman–Crippen MR) is 169 cm³/mol. The van der Waals surface area contributed by atoms with Gasteiger partial charge in [0.25, 0.3) is 0 Å². The molecule has 1 aromatic heterocycles. The van der Waals surface area contributed by atoms with Gasteiger partial charge in [-0.2, -0.15) is 0 Å². The Balaban J connectivity index is 1.12. The molecular formula is C37H39NO4. The van der Waals surface area contributed by atoms with Crippen molar-refractivity contribution in [2.24, 2.45) is 0 Å². The summed E-state index contributed by atoms with van der Waals surface area (Å²) < 4.78 is 17.6. The van der Waals surface area contributed by atoms with Crippen LogP contribution in [0.15, 0.2) is 108 Å². The van der Waals surface area contributed by atoms with Gasteiger partial charge >= 0.3 is 0 Å². The number of benzene rings is 4. The summed E-state index contributed by atoms with van der Waals surface area (Å²) in [4.78, 5) is 16.1. The topological polar surface area (TPSA) is 51.9 Å². The summed E-state index contributed by atoms with van der Waals surface area (Å²) in [5.41, 5.74) is 3.99. The Bertz CT molecular complexity index is 1570. The number of furan rings is 1. The van der Waals surface area contributed by atoms with Crippen LogP contribution in [0.2, 0.25) is 0 Å². The molecular weight excluding hydrogens is 522 g/mol. The van der Waals surface area contributed by atoms with E-state index in [1.165, 1.54) is 24.8 Å². The highest BCUT2D eigenvalue weighted by atomic mass is 16.5. The number of carbonyl (C=O) groups excluding carboxylic acids is 1. The van der Waals surface area contributed by atoms with E-state index in [1.54, 1.807) is 19.2 Å². The van der Waals surface area contributed by atoms with Crippen molar-refractivity contribution in [2.45, 2.75) is 38.6 Å². The molecule has 0 bridgehead atoms. The largest absolute Gasteiger partial charge is 0.497 e. The maximum Gasteiger partial charge on any atom is 0.197 e. The fourth-order valence-corrected chi connectivity index (χ4v) is 5.26. The summed E-state index contributed by atoms with van der Waals surface area (Å²) in [7, 11) is 3.79. The normalized spacial score (nSPS) is 11.2. The van der Waals surface area contributed by atoms with Gasteiger partial charge in [-0.1, -0.05) is 79.9 Å². The van der Waals surface area contributed by atoms with Crippen molar-refractivity contribution in [3.05, 3.63) is 120 Å². The maximum atomic E-state index is 13.7. The van der Waals surface area contributed by atoms with Crippen molar-refractivity contribution in [2.75, 3.05) is 27.3 Å². The number of nitrogens with zero attached hydrogens (tertiary/aromatic N) is 1. The van der Waals surface area contributed by atoms with Crippen LogP contribution in [0.5, 0.6) is 11.5 Å². The molecule has 0 unspecified atom stereocenters. The molecule has 42 heavy (non-hydrogen) atoms. The van der Waals surface area contributed by atoms with E-state index in [0.717, 1.165) is 42.6 Å². The van der Waals surface area contributed by atoms with E-state index in [2.05, 4.69) is 42.3 Å². The van der Waals surface area contributed by atoms with Crippen LogP contribution in [-0.4, -0.2) is 38.0 Å². The van der Waals surface area contributed by atoms with E-state index in [9.17, 15) is 4.79 Å². The fraction of sp³-hybridized carbons (Fsp3) is 0.270. The van der Waals surface area contributed by atoms with Gasteiger partial charge in [0.05, 0.1) is 19.3 Å². The highest BCUT2D eigenvalue weighted by Crippen LogP contribution is 2.36. The minimum absolute atomic E-state index is 0.1000. The summed E-state index contributed by atoms with van der Waals surface area (Å²) in [6, 6.07) is 33.3. The van der Waals surface area contributed by atoms with Crippen molar-refractivity contribution in [1.82, 2.24) is 4.90 Å². The van der Waals surface area contributed by atoms with Crippen LogP contribution in [0, 0.1) is 0 Å². The Hall–Kier alpha value is -4.35. The van der Waals surface area contributed by atoms with E-state index in [1.807, 2.05) is 60.7 Å². The lowest BCUT2D eigenvalue weighted by Gasteiger charge is -2.16. The number of hydrogen-bond acceptors (Lipinski definition) is 5. The molecule has 0 aliphatic carbocycles. The molecule has 0 saturated heterocycles. The molecule has 5 heteroatoms. The zero-order valence-electron chi connectivity index (χ0n) is 24.6. The van der Waals surface area contributed by atoms with Gasteiger partial charge in [0.15, 0.2) is 5.78 Å². The molecule has 0 N–H and O–H groups in total. The molecule has 5 aromatic rings. The third kappa shape index (κ3) is 7.48. The molecule has 4 aromatic carbocycles. The Morgan fingerprint density at radius 1 is 0.762 bits per heavy atom. The van der Waals surface area contributed by atoms with Crippen LogP contribution in [0.4, 0.5) is 0 Å². The van der Waals surface area contributed by atoms with E-state index in [-0.39, 0.29) is 5.78 Å². The highest BCUT2D eigenvalue weighted by Gasteiger charge is 2.23. The lowest BCUT2D eigenvalue weighted by molar-refractivity contribution is 0.104. The summed E-state index contributed by atoms with van der Waals surface area (Å²) in [6.07, 6.45) is 5.87. The van der Waals surface area contributed by atoms with Gasteiger partial charge in [-0.05, 0) is 74.5 Å². The number of fused-ring (bicyclic) bond motifs is 1. The van der Waals surface area contributed by atoms with Crippen molar-refractivity contribution < 1.29 is 18.7 Å². The Labute approximate surface area is 248 Å². The summed E-state index contributed by atoms with van der Waals surface area (Å²) in [6.45, 7) is 2.82. The zero-order chi connectivity index (χ0) is 29.1. The maximum absolute atomic E-state index is 13.7. The zero-order valence-corrected chi connectivity index (χ0v) is 24.6. The number of carbonyl (C=O) groups is 1. The number of para-hydroxylation sites is 1. The summed E-state index contributed by atoms with van der Waals surface area (Å²) in [5, 5.41) is 0.795. The SMILES string of the molecule is COc1cccc(C(=O)c2c(-c3ccc(OCCCCCCCN(C)Cc4ccccc4)cc3)oc3ccccc23)c1. The minimum atomic E-state index is -0.1000. The van der Waals surface area contributed by atoms with Gasteiger partial charge in [0.2, 0.25) is 0 Å². The number of unbranched alkanes of at least 4 members (excludes halogenated alkanes) is 4. The smallest absolute Gasteiger partial charge is 0.197 e. The summed E-state index contributed by atoms with van der Waals surface area (Å²) in [5.74, 6) is 1.92. The van der Waals surface area contributed by atoms with E-state index >= 15 is 0 Å². The van der Waals surface area contributed by atoms with Gasteiger partial charge in [-0.15, -0.1) is 0 Å². The lowest BCUT2D eigenvalue weighted by atomic mass is 9.97. The van der Waals surface area contributed by atoms with E-state index < -0.39 is 0 Å². The van der Waals surface area contributed by atoms with E-state index in [0.29, 0.717) is 34.8 Å². The molecule has 216 valence electrons. The molecule has 1 heterocycles. The molecule has 0 aliphatic heterocycles. The molecule has 5 nitrogen and oxygen atoms in total. The van der Waals surface area contributed by atoms with Crippen molar-refractivity contribution >= 4 is 16.8 Å². The van der Waals surface area contributed by atoms with Gasteiger partial charge in [0.1, 0.15) is 22.8 Å². The monoisotopic (exact) mass is 561 g/mol. The molecule has 0 radical (unpaired) electrons. The number of ether oxygens (including phenoxy) is 2. The Morgan fingerprint density at radius 2 is 1.50 bits per heavy atom. The lowest BCUT2D eigenvalue weighted by Crippen LogP contribution is -2.18. The third-order valence-corrected chi connectivity index (χ3v) is 7.52. The van der Waals surface area contributed by atoms with Crippen LogP contribution >= 0.6 is 0 Å². The first kappa shape index (κ1) is 29.2. The van der Waals surface area contributed by atoms with Crippen LogP contribution in [0.25, 0.3) is 22.3 Å². The number of hydrogen-bond donors (Lipinski definition) is 0. The number of methoxy groups -OCH3 is 1. The summed E-state index contributed by atoms with van der Waals surface area (Å²) >= 11 is 0. The fourth-order valence-electron chi connectivity index (χ4n) is 5.26. The molecule has 5 rings (SSSR count). The average molecular weight is 562 g/mol. The van der Waals surface area contributed by atoms with Gasteiger partial charge < -0.3 is 18.8 Å². The van der Waals surface area contributed by atoms with Crippen molar-refractivity contribution in [3.63, 3.8) is 0 Å². The van der Waals surface area contributed by atoms with Crippen molar-refractivity contribution in [1.29, 1.82) is 0 Å². The molecule has 0 amide bonds. The molecule has 0 atom stereocenters. The highest BCUT2D eigenvalue weighted by molar-refractivity contribution is 6.19. The standard InChI is InChI=1S/C37H39NO4/c1-38(27-28-14-7-6-8-15-28)24-11-4-3-5-12-25-41-31-22-20-29(21-23-31)37-35(33-18-9-10-19-34(33)42-37)36(39)30-16-13-17-32(26-30)40-2/h6-10,13-23,26H,3-5,11-12,24-25,27H2,1-2H3. The third-order valence-electron chi connectivity index (χ3n) is 7.52. The second-order valence-corrected chi connectivity index (χ2v) is 10.7. The van der Waals surface area contributed by atoms with Crippen LogP contribution in [0.1, 0.15) is 53.6 Å². The van der Waals surface area contributed by atoms with Gasteiger partial charge in [-0.3, -0.25) is 4.79 Å². The molecule has 0 saturated carbocycles. The van der Waals surface area contributed by atoms with Gasteiger partial charge in [0, 0.05) is 23.1 Å². The Kier molecular flexibility index (Phi) is 10.1. The van der Waals surface area contributed by atoms with Crippen LogP contribution in [0.3, 0.4) is 0 Å².